The molecule has 0 aromatic heterocycles. The number of aryl methyl sites for hydroxylation is 1. The number of hydrogen-bond donors (Lipinski definition) is 1. The van der Waals surface area contributed by atoms with Crippen molar-refractivity contribution in [1.29, 1.82) is 5.26 Å². The van der Waals surface area contributed by atoms with Gasteiger partial charge in [-0.1, -0.05) is 48.9 Å². The second kappa shape index (κ2) is 12.7. The summed E-state index contributed by atoms with van der Waals surface area (Å²) in [5.74, 6) is 0.547. The van der Waals surface area contributed by atoms with Crippen LogP contribution >= 0.6 is 11.6 Å². The number of nitrogens with zero attached hydrogens (tertiary/aromatic N) is 1. The average Bonchev–Trinajstić information content (AvgIpc) is 2.77. The Morgan fingerprint density at radius 1 is 1.26 bits per heavy atom. The third-order valence-electron chi connectivity index (χ3n) is 4.67. The van der Waals surface area contributed by atoms with Crippen LogP contribution in [-0.4, -0.2) is 25.2 Å². The van der Waals surface area contributed by atoms with Crippen LogP contribution in [0.25, 0.3) is 6.08 Å². The molecule has 0 unspecified atom stereocenters. The molecular weight excluding hydrogens is 412 g/mol. The van der Waals surface area contributed by atoms with Gasteiger partial charge in [-0.15, -0.1) is 0 Å². The largest absolute Gasteiger partial charge is 0.490 e. The van der Waals surface area contributed by atoms with Gasteiger partial charge in [-0.25, -0.2) is 0 Å². The van der Waals surface area contributed by atoms with E-state index in [1.165, 1.54) is 11.6 Å². The zero-order chi connectivity index (χ0) is 22.6. The van der Waals surface area contributed by atoms with Gasteiger partial charge in [0.25, 0.3) is 5.91 Å². The summed E-state index contributed by atoms with van der Waals surface area (Å²) in [4.78, 5) is 12.4. The number of carbonyl (C=O) groups is 1. The van der Waals surface area contributed by atoms with Crippen LogP contribution in [0.2, 0.25) is 5.02 Å². The van der Waals surface area contributed by atoms with Crippen LogP contribution in [0.1, 0.15) is 44.7 Å². The molecule has 0 aliphatic rings. The molecule has 2 aromatic carbocycles. The number of benzene rings is 2. The van der Waals surface area contributed by atoms with E-state index in [0.717, 1.165) is 19.3 Å². The molecule has 0 aliphatic heterocycles. The molecular formula is C25H29ClN2O3. The summed E-state index contributed by atoms with van der Waals surface area (Å²) in [6.07, 6.45) is 3.96. The lowest BCUT2D eigenvalue weighted by molar-refractivity contribution is -0.117. The quantitative estimate of drug-likeness (QED) is 0.281. The number of hydrogen-bond acceptors (Lipinski definition) is 4. The van der Waals surface area contributed by atoms with Gasteiger partial charge in [-0.3, -0.25) is 4.79 Å². The maximum absolute atomic E-state index is 12.4. The van der Waals surface area contributed by atoms with Crippen LogP contribution in [0.15, 0.2) is 48.0 Å². The predicted octanol–water partition coefficient (Wildman–Crippen LogP) is 5.57. The zero-order valence-electron chi connectivity index (χ0n) is 18.3. The molecule has 0 fully saturated rings. The molecule has 31 heavy (non-hydrogen) atoms. The molecule has 2 aromatic rings. The first kappa shape index (κ1) is 24.3. The van der Waals surface area contributed by atoms with E-state index in [1.807, 2.05) is 45.0 Å². The number of carbonyl (C=O) groups excluding carboxylic acids is 1. The van der Waals surface area contributed by atoms with E-state index in [2.05, 4.69) is 17.4 Å². The smallest absolute Gasteiger partial charge is 0.261 e. The number of amides is 1. The van der Waals surface area contributed by atoms with Crippen LogP contribution in [0.5, 0.6) is 11.5 Å². The maximum Gasteiger partial charge on any atom is 0.261 e. The second-order valence-corrected chi connectivity index (χ2v) is 7.52. The molecule has 0 heterocycles. The SMILES string of the molecule is CCOc1cc(/C=C(/C#N)C(=O)NCCCc2ccccc2)cc(Cl)c1O[C@H](C)CC. The minimum Gasteiger partial charge on any atom is -0.490 e. The lowest BCUT2D eigenvalue weighted by atomic mass is 10.1. The fourth-order valence-electron chi connectivity index (χ4n) is 2.88. The molecule has 2 rings (SSSR count). The van der Waals surface area contributed by atoms with Gasteiger partial charge >= 0.3 is 0 Å². The van der Waals surface area contributed by atoms with E-state index in [0.29, 0.717) is 35.2 Å². The summed E-state index contributed by atoms with van der Waals surface area (Å²) in [7, 11) is 0. The first-order valence-electron chi connectivity index (χ1n) is 10.5. The summed E-state index contributed by atoms with van der Waals surface area (Å²) in [5.41, 5.74) is 1.82. The van der Waals surface area contributed by atoms with Gasteiger partial charge in [0, 0.05) is 6.54 Å². The molecule has 1 amide bonds. The van der Waals surface area contributed by atoms with Gasteiger partial charge < -0.3 is 14.8 Å². The highest BCUT2D eigenvalue weighted by Crippen LogP contribution is 2.38. The summed E-state index contributed by atoms with van der Waals surface area (Å²) < 4.78 is 11.6. The fourth-order valence-corrected chi connectivity index (χ4v) is 3.15. The van der Waals surface area contributed by atoms with Crippen molar-refractivity contribution in [3.8, 4) is 17.6 Å². The maximum atomic E-state index is 12.4. The fraction of sp³-hybridized carbons (Fsp3) is 0.360. The molecule has 0 radical (unpaired) electrons. The number of rotatable bonds is 11. The lowest BCUT2D eigenvalue weighted by Crippen LogP contribution is -2.25. The number of nitrogens with one attached hydrogen (secondary N) is 1. The Labute approximate surface area is 189 Å². The van der Waals surface area contributed by atoms with Gasteiger partial charge in [0.1, 0.15) is 11.6 Å². The number of nitriles is 1. The van der Waals surface area contributed by atoms with Gasteiger partial charge in [0.15, 0.2) is 11.5 Å². The van der Waals surface area contributed by atoms with Crippen LogP contribution in [0, 0.1) is 11.3 Å². The van der Waals surface area contributed by atoms with Crippen molar-refractivity contribution in [2.45, 2.75) is 46.1 Å². The Balaban J connectivity index is 2.09. The first-order valence-corrected chi connectivity index (χ1v) is 10.9. The number of ether oxygens (including phenoxy) is 2. The van der Waals surface area contributed by atoms with Gasteiger partial charge in [0.2, 0.25) is 0 Å². The Morgan fingerprint density at radius 2 is 2.00 bits per heavy atom. The molecule has 0 aliphatic carbocycles. The second-order valence-electron chi connectivity index (χ2n) is 7.11. The van der Waals surface area contributed by atoms with Crippen molar-refractivity contribution in [2.24, 2.45) is 0 Å². The van der Waals surface area contributed by atoms with Gasteiger partial charge in [-0.05, 0) is 62.4 Å². The predicted molar refractivity (Wildman–Crippen MR) is 124 cm³/mol. The molecule has 164 valence electrons. The highest BCUT2D eigenvalue weighted by atomic mass is 35.5. The Morgan fingerprint density at radius 3 is 2.65 bits per heavy atom. The summed E-state index contributed by atoms with van der Waals surface area (Å²) in [6, 6.07) is 15.4. The number of halogens is 1. The van der Waals surface area contributed by atoms with Crippen LogP contribution in [0.3, 0.4) is 0 Å². The van der Waals surface area contributed by atoms with Crippen LogP contribution in [-0.2, 0) is 11.2 Å². The van der Waals surface area contributed by atoms with Crippen molar-refractivity contribution in [3.05, 3.63) is 64.2 Å². The van der Waals surface area contributed by atoms with E-state index in [4.69, 9.17) is 21.1 Å². The van der Waals surface area contributed by atoms with E-state index in [1.54, 1.807) is 12.1 Å². The minimum atomic E-state index is -0.412. The normalized spacial score (nSPS) is 12.0. The minimum absolute atomic E-state index is 0.00817. The van der Waals surface area contributed by atoms with E-state index >= 15 is 0 Å². The van der Waals surface area contributed by atoms with Gasteiger partial charge in [0.05, 0.1) is 17.7 Å². The molecule has 6 heteroatoms. The summed E-state index contributed by atoms with van der Waals surface area (Å²) in [6.45, 7) is 6.77. The molecule has 0 saturated carbocycles. The standard InChI is InChI=1S/C25H29ClN2O3/c1-4-18(3)31-24-22(26)15-20(16-23(24)30-5-2)14-21(17-27)25(29)28-13-9-12-19-10-7-6-8-11-19/h6-8,10-11,14-16,18H,4-5,9,12-13H2,1-3H3,(H,28,29)/b21-14-/t18-/m1/s1. The third kappa shape index (κ3) is 7.66. The summed E-state index contributed by atoms with van der Waals surface area (Å²) >= 11 is 6.42. The van der Waals surface area contributed by atoms with Crippen molar-refractivity contribution in [3.63, 3.8) is 0 Å². The molecule has 1 atom stereocenters. The van der Waals surface area contributed by atoms with Crippen molar-refractivity contribution < 1.29 is 14.3 Å². The highest BCUT2D eigenvalue weighted by Gasteiger charge is 2.16. The monoisotopic (exact) mass is 440 g/mol. The summed E-state index contributed by atoms with van der Waals surface area (Å²) in [5, 5.41) is 12.6. The zero-order valence-corrected chi connectivity index (χ0v) is 19.0. The highest BCUT2D eigenvalue weighted by molar-refractivity contribution is 6.32. The van der Waals surface area contributed by atoms with Crippen molar-refractivity contribution >= 4 is 23.6 Å². The average molecular weight is 441 g/mol. The lowest BCUT2D eigenvalue weighted by Gasteiger charge is -2.18. The van der Waals surface area contributed by atoms with Crippen LogP contribution in [0.4, 0.5) is 0 Å². The third-order valence-corrected chi connectivity index (χ3v) is 4.95. The van der Waals surface area contributed by atoms with Crippen molar-refractivity contribution in [2.75, 3.05) is 13.2 Å². The molecule has 0 bridgehead atoms. The Kier molecular flexibility index (Phi) is 9.93. The molecule has 0 spiro atoms. The van der Waals surface area contributed by atoms with E-state index in [9.17, 15) is 10.1 Å². The first-order chi connectivity index (χ1) is 15.0. The van der Waals surface area contributed by atoms with Gasteiger partial charge in [-0.2, -0.15) is 5.26 Å². The van der Waals surface area contributed by atoms with Crippen molar-refractivity contribution in [1.82, 2.24) is 5.32 Å². The molecule has 1 N–H and O–H groups in total. The van der Waals surface area contributed by atoms with Crippen LogP contribution < -0.4 is 14.8 Å². The van der Waals surface area contributed by atoms with E-state index in [-0.39, 0.29) is 11.7 Å². The molecule has 5 nitrogen and oxygen atoms in total. The Hall–Kier alpha value is -2.97. The Bertz CT molecular complexity index is 936. The van der Waals surface area contributed by atoms with E-state index < -0.39 is 5.91 Å². The topological polar surface area (TPSA) is 71.3 Å². The molecule has 0 saturated heterocycles.